The van der Waals surface area contributed by atoms with E-state index >= 15 is 0 Å². The molecule has 0 spiro atoms. The molecule has 104 valence electrons. The smallest absolute Gasteiger partial charge is 0.253 e. The van der Waals surface area contributed by atoms with Crippen LogP contribution in [0.3, 0.4) is 0 Å². The van der Waals surface area contributed by atoms with Crippen molar-refractivity contribution >= 4 is 11.7 Å². The number of hydrogen-bond donors (Lipinski definition) is 1. The van der Waals surface area contributed by atoms with Crippen LogP contribution in [0.25, 0.3) is 0 Å². The van der Waals surface area contributed by atoms with Crippen molar-refractivity contribution in [2.75, 3.05) is 18.4 Å². The standard InChI is InChI=1S/C15H13N5O/c16-7-11-1-3-12(4-2-11)15(21)20-9-13(10-20)19-14-8-17-5-6-18-14/h1-6,8,13H,9-10H2,(H,18,19). The van der Waals surface area contributed by atoms with E-state index in [0.717, 1.165) is 0 Å². The first-order valence-electron chi connectivity index (χ1n) is 6.58. The molecule has 1 aliphatic heterocycles. The summed E-state index contributed by atoms with van der Waals surface area (Å²) in [7, 11) is 0. The van der Waals surface area contributed by atoms with Gasteiger partial charge in [0.2, 0.25) is 0 Å². The lowest BCUT2D eigenvalue weighted by atomic mass is 10.1. The maximum absolute atomic E-state index is 12.2. The number of likely N-dealkylation sites (tertiary alicyclic amines) is 1. The second kappa shape index (κ2) is 5.59. The fourth-order valence-corrected chi connectivity index (χ4v) is 2.19. The Bertz CT molecular complexity index is 671. The van der Waals surface area contributed by atoms with Crippen LogP contribution < -0.4 is 5.32 Å². The number of anilines is 1. The Labute approximate surface area is 122 Å². The molecule has 21 heavy (non-hydrogen) atoms. The first-order chi connectivity index (χ1) is 10.3. The maximum Gasteiger partial charge on any atom is 0.253 e. The number of benzene rings is 1. The molecule has 0 radical (unpaired) electrons. The third kappa shape index (κ3) is 2.82. The van der Waals surface area contributed by atoms with Gasteiger partial charge in [0, 0.05) is 31.0 Å². The van der Waals surface area contributed by atoms with Crippen molar-refractivity contribution in [3.05, 3.63) is 54.0 Å². The Morgan fingerprint density at radius 2 is 2.05 bits per heavy atom. The summed E-state index contributed by atoms with van der Waals surface area (Å²) < 4.78 is 0. The zero-order chi connectivity index (χ0) is 14.7. The van der Waals surface area contributed by atoms with Crippen LogP contribution in [0.1, 0.15) is 15.9 Å². The van der Waals surface area contributed by atoms with E-state index in [4.69, 9.17) is 5.26 Å². The zero-order valence-electron chi connectivity index (χ0n) is 11.2. The van der Waals surface area contributed by atoms with Crippen LogP contribution in [0, 0.1) is 11.3 Å². The van der Waals surface area contributed by atoms with Crippen LogP contribution in [-0.4, -0.2) is 39.9 Å². The lowest BCUT2D eigenvalue weighted by molar-refractivity contribution is 0.0625. The molecule has 0 aliphatic carbocycles. The maximum atomic E-state index is 12.2. The highest BCUT2D eigenvalue weighted by Gasteiger charge is 2.31. The molecule has 6 nitrogen and oxygen atoms in total. The van der Waals surface area contributed by atoms with Crippen molar-refractivity contribution in [3.63, 3.8) is 0 Å². The van der Waals surface area contributed by atoms with Crippen LogP contribution in [0.5, 0.6) is 0 Å². The summed E-state index contributed by atoms with van der Waals surface area (Å²) >= 11 is 0. The Hall–Kier alpha value is -2.94. The van der Waals surface area contributed by atoms with Gasteiger partial charge < -0.3 is 10.2 Å². The first-order valence-corrected chi connectivity index (χ1v) is 6.58. The van der Waals surface area contributed by atoms with E-state index in [1.807, 2.05) is 6.07 Å². The van der Waals surface area contributed by atoms with Crippen LogP contribution in [0.2, 0.25) is 0 Å². The molecule has 1 aromatic heterocycles. The van der Waals surface area contributed by atoms with Gasteiger partial charge in [-0.15, -0.1) is 0 Å². The van der Waals surface area contributed by atoms with Gasteiger partial charge in [-0.25, -0.2) is 4.98 Å². The number of nitriles is 1. The summed E-state index contributed by atoms with van der Waals surface area (Å²) in [4.78, 5) is 22.1. The second-order valence-corrected chi connectivity index (χ2v) is 4.83. The summed E-state index contributed by atoms with van der Waals surface area (Å²) in [5.74, 6) is 0.699. The molecule has 1 aliphatic rings. The number of amides is 1. The monoisotopic (exact) mass is 279 g/mol. The number of aromatic nitrogens is 2. The van der Waals surface area contributed by atoms with E-state index in [-0.39, 0.29) is 11.9 Å². The molecule has 2 aromatic rings. The minimum atomic E-state index is -0.0170. The van der Waals surface area contributed by atoms with Gasteiger partial charge in [-0.05, 0) is 24.3 Å². The largest absolute Gasteiger partial charge is 0.362 e. The van der Waals surface area contributed by atoms with Crippen LogP contribution in [0.4, 0.5) is 5.82 Å². The normalized spacial score (nSPS) is 14.1. The number of rotatable bonds is 3. The Morgan fingerprint density at radius 3 is 2.67 bits per heavy atom. The number of hydrogen-bond acceptors (Lipinski definition) is 5. The SMILES string of the molecule is N#Cc1ccc(C(=O)N2CC(Nc3cnccn3)C2)cc1. The van der Waals surface area contributed by atoms with Crippen molar-refractivity contribution in [2.24, 2.45) is 0 Å². The molecular weight excluding hydrogens is 266 g/mol. The molecule has 0 bridgehead atoms. The summed E-state index contributed by atoms with van der Waals surface area (Å²) in [5.41, 5.74) is 1.16. The topological polar surface area (TPSA) is 81.9 Å². The van der Waals surface area contributed by atoms with Gasteiger partial charge in [-0.1, -0.05) is 0 Å². The molecular formula is C15H13N5O. The summed E-state index contributed by atoms with van der Waals surface area (Å²) in [6, 6.07) is 8.91. The molecule has 6 heteroatoms. The summed E-state index contributed by atoms with van der Waals surface area (Å²) in [5, 5.41) is 12.0. The first kappa shape index (κ1) is 13.1. The molecule has 2 heterocycles. The van der Waals surface area contributed by atoms with E-state index in [0.29, 0.717) is 30.0 Å². The average Bonchev–Trinajstić information content (AvgIpc) is 2.51. The molecule has 0 atom stereocenters. The average molecular weight is 279 g/mol. The van der Waals surface area contributed by atoms with Gasteiger partial charge in [-0.2, -0.15) is 5.26 Å². The molecule has 1 fully saturated rings. The number of carbonyl (C=O) groups is 1. The summed E-state index contributed by atoms with van der Waals surface area (Å²) in [6.45, 7) is 1.27. The quantitative estimate of drug-likeness (QED) is 0.915. The predicted octanol–water partition coefficient (Wildman–Crippen LogP) is 1.28. The molecule has 1 N–H and O–H groups in total. The van der Waals surface area contributed by atoms with E-state index in [1.54, 1.807) is 47.8 Å². The highest BCUT2D eigenvalue weighted by Crippen LogP contribution is 2.16. The van der Waals surface area contributed by atoms with Gasteiger partial charge in [0.05, 0.1) is 23.9 Å². The number of nitrogens with one attached hydrogen (secondary N) is 1. The molecule has 1 amide bonds. The van der Waals surface area contributed by atoms with E-state index in [9.17, 15) is 4.79 Å². The van der Waals surface area contributed by atoms with Gasteiger partial charge >= 0.3 is 0 Å². The van der Waals surface area contributed by atoms with Gasteiger partial charge in [0.1, 0.15) is 5.82 Å². The second-order valence-electron chi connectivity index (χ2n) is 4.83. The van der Waals surface area contributed by atoms with Gasteiger partial charge in [0.25, 0.3) is 5.91 Å². The van der Waals surface area contributed by atoms with Crippen molar-refractivity contribution in [3.8, 4) is 6.07 Å². The lowest BCUT2D eigenvalue weighted by Gasteiger charge is -2.39. The number of carbonyl (C=O) groups excluding carboxylic acids is 1. The fraction of sp³-hybridized carbons (Fsp3) is 0.200. The Balaban J connectivity index is 1.56. The van der Waals surface area contributed by atoms with Gasteiger partial charge in [-0.3, -0.25) is 9.78 Å². The van der Waals surface area contributed by atoms with Crippen LogP contribution in [-0.2, 0) is 0 Å². The lowest BCUT2D eigenvalue weighted by Crippen LogP contribution is -2.57. The molecule has 0 saturated carbocycles. The minimum Gasteiger partial charge on any atom is -0.362 e. The van der Waals surface area contributed by atoms with Crippen molar-refractivity contribution in [2.45, 2.75) is 6.04 Å². The van der Waals surface area contributed by atoms with Gasteiger partial charge in [0.15, 0.2) is 0 Å². The molecule has 0 unspecified atom stereocenters. The molecule has 1 saturated heterocycles. The predicted molar refractivity (Wildman–Crippen MR) is 76.5 cm³/mol. The van der Waals surface area contributed by atoms with E-state index in [2.05, 4.69) is 15.3 Å². The van der Waals surface area contributed by atoms with Crippen LogP contribution in [0.15, 0.2) is 42.9 Å². The summed E-state index contributed by atoms with van der Waals surface area (Å²) in [6.07, 6.45) is 4.90. The molecule has 3 rings (SSSR count). The van der Waals surface area contributed by atoms with Crippen molar-refractivity contribution in [1.82, 2.24) is 14.9 Å². The Morgan fingerprint density at radius 1 is 1.29 bits per heavy atom. The third-order valence-electron chi connectivity index (χ3n) is 3.34. The zero-order valence-corrected chi connectivity index (χ0v) is 11.2. The number of nitrogens with zero attached hydrogens (tertiary/aromatic N) is 4. The highest BCUT2D eigenvalue weighted by molar-refractivity contribution is 5.95. The van der Waals surface area contributed by atoms with Crippen LogP contribution >= 0.6 is 0 Å². The van der Waals surface area contributed by atoms with Crippen molar-refractivity contribution < 1.29 is 4.79 Å². The Kier molecular flexibility index (Phi) is 3.48. The fourth-order valence-electron chi connectivity index (χ4n) is 2.19. The van der Waals surface area contributed by atoms with E-state index < -0.39 is 0 Å². The van der Waals surface area contributed by atoms with Crippen molar-refractivity contribution in [1.29, 1.82) is 5.26 Å². The third-order valence-corrected chi connectivity index (χ3v) is 3.34. The highest BCUT2D eigenvalue weighted by atomic mass is 16.2. The van der Waals surface area contributed by atoms with E-state index in [1.165, 1.54) is 0 Å². The minimum absolute atomic E-state index is 0.0170. The molecule has 1 aromatic carbocycles.